The van der Waals surface area contributed by atoms with E-state index in [1.54, 1.807) is 18.4 Å². The summed E-state index contributed by atoms with van der Waals surface area (Å²) in [6, 6.07) is 0. The average Bonchev–Trinajstić information content (AvgIpc) is 2.65. The number of methoxy groups -OCH3 is 1. The van der Waals surface area contributed by atoms with Crippen molar-refractivity contribution in [3.8, 4) is 0 Å². The Bertz CT molecular complexity index is 372. The van der Waals surface area contributed by atoms with Gasteiger partial charge in [-0.25, -0.2) is 4.98 Å². The van der Waals surface area contributed by atoms with Crippen LogP contribution in [0.3, 0.4) is 0 Å². The molecule has 6 heteroatoms. The molecule has 1 saturated heterocycles. The van der Waals surface area contributed by atoms with Crippen molar-refractivity contribution < 1.29 is 4.74 Å². The molecule has 0 radical (unpaired) electrons. The smallest absolute Gasteiger partial charge is 0.185 e. The Labute approximate surface area is 119 Å². The monoisotopic (exact) mass is 284 g/mol. The van der Waals surface area contributed by atoms with Crippen LogP contribution in [0.2, 0.25) is 0 Å². The highest BCUT2D eigenvalue weighted by molar-refractivity contribution is 7.15. The van der Waals surface area contributed by atoms with Gasteiger partial charge in [0.25, 0.3) is 0 Å². The third kappa shape index (κ3) is 3.89. The molecular weight excluding hydrogens is 260 g/mol. The molecule has 19 heavy (non-hydrogen) atoms. The summed E-state index contributed by atoms with van der Waals surface area (Å²) in [5.74, 6) is 0. The number of likely N-dealkylation sites (N-methyl/N-ethyl adjacent to an activating group) is 1. The maximum absolute atomic E-state index is 5.25. The van der Waals surface area contributed by atoms with Crippen LogP contribution in [-0.4, -0.2) is 57.3 Å². The first-order valence-corrected chi connectivity index (χ1v) is 7.62. The van der Waals surface area contributed by atoms with Gasteiger partial charge in [-0.2, -0.15) is 0 Å². The van der Waals surface area contributed by atoms with Crippen LogP contribution in [0.25, 0.3) is 0 Å². The highest BCUT2D eigenvalue weighted by atomic mass is 32.1. The predicted molar refractivity (Wildman–Crippen MR) is 79.9 cm³/mol. The maximum Gasteiger partial charge on any atom is 0.185 e. The van der Waals surface area contributed by atoms with E-state index < -0.39 is 0 Å². The van der Waals surface area contributed by atoms with E-state index in [0.29, 0.717) is 6.61 Å². The minimum absolute atomic E-state index is 0.598. The van der Waals surface area contributed by atoms with E-state index in [-0.39, 0.29) is 0 Å². The molecule has 0 bridgehead atoms. The third-order valence-corrected chi connectivity index (χ3v) is 4.53. The molecule has 0 saturated carbocycles. The number of thiazole rings is 1. The van der Waals surface area contributed by atoms with Crippen molar-refractivity contribution >= 4 is 16.5 Å². The molecule has 1 aromatic rings. The van der Waals surface area contributed by atoms with Crippen molar-refractivity contribution in [1.29, 1.82) is 0 Å². The Morgan fingerprint density at radius 3 is 2.89 bits per heavy atom. The molecule has 5 nitrogen and oxygen atoms in total. The normalized spacial score (nSPS) is 17.7. The second-order valence-corrected chi connectivity index (χ2v) is 6.04. The molecule has 1 aromatic heterocycles. The summed E-state index contributed by atoms with van der Waals surface area (Å²) in [7, 11) is 5.88. The highest BCUT2D eigenvalue weighted by Gasteiger charge is 2.18. The first-order chi connectivity index (χ1) is 9.24. The Kier molecular flexibility index (Phi) is 5.57. The Hall–Kier alpha value is -0.690. The van der Waals surface area contributed by atoms with Crippen LogP contribution in [0.4, 0.5) is 5.13 Å². The molecule has 2 rings (SSSR count). The van der Waals surface area contributed by atoms with Gasteiger partial charge in [0.2, 0.25) is 0 Å². The molecule has 2 heterocycles. The first kappa shape index (κ1) is 14.7. The lowest BCUT2D eigenvalue weighted by atomic mass is 10.4. The Morgan fingerprint density at radius 1 is 1.32 bits per heavy atom. The molecule has 0 atom stereocenters. The number of hydrogen-bond donors (Lipinski definition) is 1. The average molecular weight is 284 g/mol. The first-order valence-electron chi connectivity index (χ1n) is 6.80. The fraction of sp³-hybridized carbons (Fsp3) is 0.769. The molecule has 1 fully saturated rings. The van der Waals surface area contributed by atoms with E-state index in [9.17, 15) is 0 Å². The highest BCUT2D eigenvalue weighted by Crippen LogP contribution is 2.27. The van der Waals surface area contributed by atoms with E-state index in [0.717, 1.165) is 37.0 Å². The number of hydrogen-bond acceptors (Lipinski definition) is 6. The van der Waals surface area contributed by atoms with E-state index in [1.807, 2.05) is 7.05 Å². The van der Waals surface area contributed by atoms with Crippen molar-refractivity contribution in [2.45, 2.75) is 19.6 Å². The number of rotatable bonds is 5. The number of nitrogens with one attached hydrogen (secondary N) is 1. The van der Waals surface area contributed by atoms with E-state index in [2.05, 4.69) is 22.2 Å². The van der Waals surface area contributed by atoms with Crippen LogP contribution < -0.4 is 10.2 Å². The van der Waals surface area contributed by atoms with Crippen LogP contribution in [0, 0.1) is 0 Å². The summed E-state index contributed by atoms with van der Waals surface area (Å²) < 4.78 is 5.25. The molecule has 1 aliphatic rings. The summed E-state index contributed by atoms with van der Waals surface area (Å²) >= 11 is 1.79. The molecular formula is C13H24N4OS. The number of nitrogens with zero attached hydrogens (tertiary/aromatic N) is 3. The third-order valence-electron chi connectivity index (χ3n) is 3.38. The van der Waals surface area contributed by atoms with Crippen LogP contribution in [-0.2, 0) is 17.9 Å². The van der Waals surface area contributed by atoms with Gasteiger partial charge in [-0.1, -0.05) is 0 Å². The number of ether oxygens (including phenoxy) is 1. The maximum atomic E-state index is 5.25. The predicted octanol–water partition coefficient (Wildman–Crippen LogP) is 1.15. The zero-order valence-electron chi connectivity index (χ0n) is 12.1. The van der Waals surface area contributed by atoms with Crippen molar-refractivity contribution in [1.82, 2.24) is 15.2 Å². The van der Waals surface area contributed by atoms with Gasteiger partial charge in [0.15, 0.2) is 5.13 Å². The zero-order chi connectivity index (χ0) is 13.7. The fourth-order valence-electron chi connectivity index (χ4n) is 2.29. The van der Waals surface area contributed by atoms with Gasteiger partial charge in [0.05, 0.1) is 12.3 Å². The lowest BCUT2D eigenvalue weighted by Crippen LogP contribution is -2.28. The molecule has 0 aromatic carbocycles. The van der Waals surface area contributed by atoms with Gasteiger partial charge in [-0.15, -0.1) is 11.3 Å². The van der Waals surface area contributed by atoms with Crippen molar-refractivity contribution in [3.05, 3.63) is 10.6 Å². The topological polar surface area (TPSA) is 40.6 Å². The van der Waals surface area contributed by atoms with Gasteiger partial charge in [0.1, 0.15) is 0 Å². The molecule has 0 spiro atoms. The second-order valence-electron chi connectivity index (χ2n) is 4.97. The molecule has 1 N–H and O–H groups in total. The van der Waals surface area contributed by atoms with Crippen LogP contribution in [0.15, 0.2) is 0 Å². The largest absolute Gasteiger partial charge is 0.378 e. The van der Waals surface area contributed by atoms with E-state index in [4.69, 9.17) is 9.72 Å². The molecule has 0 amide bonds. The van der Waals surface area contributed by atoms with Crippen molar-refractivity contribution in [2.24, 2.45) is 0 Å². The van der Waals surface area contributed by atoms with Gasteiger partial charge in [-0.05, 0) is 27.1 Å². The second kappa shape index (κ2) is 7.19. The number of anilines is 1. The van der Waals surface area contributed by atoms with Gasteiger partial charge in [0, 0.05) is 38.2 Å². The summed E-state index contributed by atoms with van der Waals surface area (Å²) in [5, 5.41) is 4.35. The SMILES string of the molecule is CNCc1sc(N2CCCN(C)CC2)nc1COC. The minimum Gasteiger partial charge on any atom is -0.378 e. The van der Waals surface area contributed by atoms with Crippen molar-refractivity contribution in [3.63, 3.8) is 0 Å². The molecule has 1 aliphatic heterocycles. The fourth-order valence-corrected chi connectivity index (χ4v) is 3.42. The summed E-state index contributed by atoms with van der Waals surface area (Å²) in [4.78, 5) is 10.9. The van der Waals surface area contributed by atoms with Crippen LogP contribution in [0.1, 0.15) is 17.0 Å². The Morgan fingerprint density at radius 2 is 2.16 bits per heavy atom. The van der Waals surface area contributed by atoms with Gasteiger partial charge < -0.3 is 19.9 Å². The van der Waals surface area contributed by atoms with E-state index >= 15 is 0 Å². The van der Waals surface area contributed by atoms with Crippen LogP contribution >= 0.6 is 11.3 Å². The Balaban J connectivity index is 2.12. The lowest BCUT2D eigenvalue weighted by Gasteiger charge is -2.19. The van der Waals surface area contributed by atoms with Crippen LogP contribution in [0.5, 0.6) is 0 Å². The summed E-state index contributed by atoms with van der Waals surface area (Å²) in [6.45, 7) is 5.92. The summed E-state index contributed by atoms with van der Waals surface area (Å²) in [6.07, 6.45) is 1.21. The minimum atomic E-state index is 0.598. The quantitative estimate of drug-likeness (QED) is 0.878. The molecule has 0 aliphatic carbocycles. The van der Waals surface area contributed by atoms with Crippen molar-refractivity contribution in [2.75, 3.05) is 52.3 Å². The zero-order valence-corrected chi connectivity index (χ0v) is 12.9. The van der Waals surface area contributed by atoms with Gasteiger partial charge >= 0.3 is 0 Å². The standard InChI is InChI=1S/C13H24N4OS/c1-14-9-12-11(10-18-3)15-13(19-12)17-6-4-5-16(2)7-8-17/h14H,4-10H2,1-3H3. The molecule has 0 unspecified atom stereocenters. The number of aromatic nitrogens is 1. The lowest BCUT2D eigenvalue weighted by molar-refractivity contribution is 0.181. The molecule has 108 valence electrons. The summed E-state index contributed by atoms with van der Waals surface area (Å²) in [5.41, 5.74) is 1.08. The van der Waals surface area contributed by atoms with Gasteiger partial charge in [-0.3, -0.25) is 0 Å². The van der Waals surface area contributed by atoms with E-state index in [1.165, 1.54) is 17.8 Å².